The Labute approximate surface area is 175 Å². The van der Waals surface area contributed by atoms with Crippen LogP contribution in [0.15, 0.2) is 84.6 Å². The molecule has 1 atom stereocenters. The fourth-order valence-corrected chi connectivity index (χ4v) is 3.83. The third kappa shape index (κ3) is 3.62. The van der Waals surface area contributed by atoms with Gasteiger partial charge in [0, 0.05) is 12.1 Å². The van der Waals surface area contributed by atoms with Gasteiger partial charge in [0.2, 0.25) is 0 Å². The van der Waals surface area contributed by atoms with E-state index in [4.69, 9.17) is 9.47 Å². The Hall–Kier alpha value is -3.73. The first-order valence-electron chi connectivity index (χ1n) is 9.68. The van der Waals surface area contributed by atoms with Gasteiger partial charge in [-0.25, -0.2) is 0 Å². The van der Waals surface area contributed by atoms with E-state index in [9.17, 15) is 9.90 Å². The summed E-state index contributed by atoms with van der Waals surface area (Å²) in [6, 6.07) is 24.3. The summed E-state index contributed by atoms with van der Waals surface area (Å²) in [7, 11) is 3.22. The lowest BCUT2D eigenvalue weighted by atomic mass is 9.93. The highest BCUT2D eigenvalue weighted by atomic mass is 16.5. The van der Waals surface area contributed by atoms with Gasteiger partial charge in [-0.1, -0.05) is 54.6 Å². The summed E-state index contributed by atoms with van der Waals surface area (Å²) in [6.45, 7) is 0.347. The maximum atomic E-state index is 13.1. The van der Waals surface area contributed by atoms with Crippen LogP contribution in [0, 0.1) is 0 Å². The quantitative estimate of drug-likeness (QED) is 0.647. The molecule has 0 unspecified atom stereocenters. The van der Waals surface area contributed by atoms with Gasteiger partial charge in [-0.3, -0.25) is 4.79 Å². The summed E-state index contributed by atoms with van der Waals surface area (Å²) in [6.07, 6.45) is 0. The molecule has 30 heavy (non-hydrogen) atoms. The Morgan fingerprint density at radius 1 is 0.867 bits per heavy atom. The van der Waals surface area contributed by atoms with Crippen molar-refractivity contribution in [3.05, 3.63) is 101 Å². The van der Waals surface area contributed by atoms with Gasteiger partial charge >= 0.3 is 0 Å². The molecule has 0 fully saturated rings. The normalized spacial score (nSPS) is 16.1. The summed E-state index contributed by atoms with van der Waals surface area (Å²) >= 11 is 0. The van der Waals surface area contributed by atoms with Crippen LogP contribution in [-0.4, -0.2) is 30.1 Å². The second kappa shape index (κ2) is 8.33. The van der Waals surface area contributed by atoms with Crippen LogP contribution >= 0.6 is 0 Å². The van der Waals surface area contributed by atoms with Crippen LogP contribution < -0.4 is 9.47 Å². The molecule has 1 amide bonds. The maximum absolute atomic E-state index is 13.1. The molecule has 1 N–H and O–H groups in total. The third-order valence-electron chi connectivity index (χ3n) is 5.31. The second-order valence-electron chi connectivity index (χ2n) is 7.09. The summed E-state index contributed by atoms with van der Waals surface area (Å²) < 4.78 is 10.6. The standard InChI is InChI=1S/C25H23NO4/c1-29-20-13-11-18(12-14-20)22-23(19-8-4-3-5-9-19)26(25(28)24(22)27)16-17-7-6-10-21(15-17)30-2/h3-15,23,27H,16H2,1-2H3/t23-/m0/s1. The molecule has 152 valence electrons. The molecule has 0 radical (unpaired) electrons. The van der Waals surface area contributed by atoms with Crippen LogP contribution in [0.2, 0.25) is 0 Å². The third-order valence-corrected chi connectivity index (χ3v) is 5.31. The fraction of sp³-hybridized carbons (Fsp3) is 0.160. The zero-order chi connectivity index (χ0) is 21.1. The highest BCUT2D eigenvalue weighted by molar-refractivity contribution is 6.05. The topological polar surface area (TPSA) is 59.0 Å². The molecule has 3 aromatic rings. The summed E-state index contributed by atoms with van der Waals surface area (Å²) in [5.74, 6) is 0.824. The van der Waals surface area contributed by atoms with Crippen molar-refractivity contribution >= 4 is 11.5 Å². The van der Waals surface area contributed by atoms with E-state index in [0.717, 1.165) is 22.4 Å². The molecule has 3 aromatic carbocycles. The first-order valence-corrected chi connectivity index (χ1v) is 9.68. The molecule has 0 spiro atoms. The molecule has 0 saturated carbocycles. The van der Waals surface area contributed by atoms with Crippen molar-refractivity contribution in [2.45, 2.75) is 12.6 Å². The summed E-state index contributed by atoms with van der Waals surface area (Å²) in [5, 5.41) is 10.9. The Bertz CT molecular complexity index is 1070. The van der Waals surface area contributed by atoms with E-state index in [1.807, 2.05) is 78.9 Å². The molecular weight excluding hydrogens is 378 g/mol. The van der Waals surface area contributed by atoms with E-state index in [-0.39, 0.29) is 5.76 Å². The minimum absolute atomic E-state index is 0.225. The van der Waals surface area contributed by atoms with Crippen molar-refractivity contribution in [3.63, 3.8) is 0 Å². The number of methoxy groups -OCH3 is 2. The molecule has 5 nitrogen and oxygen atoms in total. The zero-order valence-electron chi connectivity index (χ0n) is 16.9. The minimum atomic E-state index is -0.404. The van der Waals surface area contributed by atoms with Crippen molar-refractivity contribution in [2.24, 2.45) is 0 Å². The average molecular weight is 401 g/mol. The molecule has 0 aromatic heterocycles. The van der Waals surface area contributed by atoms with Crippen molar-refractivity contribution in [1.29, 1.82) is 0 Å². The van der Waals surface area contributed by atoms with E-state index >= 15 is 0 Å². The lowest BCUT2D eigenvalue weighted by Gasteiger charge is -2.27. The maximum Gasteiger partial charge on any atom is 0.290 e. The van der Waals surface area contributed by atoms with Gasteiger partial charge in [0.05, 0.1) is 20.3 Å². The first kappa shape index (κ1) is 19.6. The molecular formula is C25H23NO4. The van der Waals surface area contributed by atoms with E-state index in [2.05, 4.69) is 0 Å². The minimum Gasteiger partial charge on any atom is -0.503 e. The molecule has 5 heteroatoms. The van der Waals surface area contributed by atoms with Crippen LogP contribution in [-0.2, 0) is 11.3 Å². The summed E-state index contributed by atoms with van der Waals surface area (Å²) in [5.41, 5.74) is 3.23. The number of nitrogens with zero attached hydrogens (tertiary/aromatic N) is 1. The lowest BCUT2D eigenvalue weighted by Crippen LogP contribution is -2.29. The average Bonchev–Trinajstić information content (AvgIpc) is 3.05. The molecule has 0 bridgehead atoms. The van der Waals surface area contributed by atoms with E-state index < -0.39 is 11.9 Å². The van der Waals surface area contributed by atoms with Crippen molar-refractivity contribution in [2.75, 3.05) is 14.2 Å². The Kier molecular flexibility index (Phi) is 5.44. The molecule has 1 aliphatic rings. The number of benzene rings is 3. The smallest absolute Gasteiger partial charge is 0.290 e. The number of aliphatic hydroxyl groups is 1. The van der Waals surface area contributed by atoms with Crippen LogP contribution in [0.25, 0.3) is 5.57 Å². The number of hydrogen-bond donors (Lipinski definition) is 1. The van der Waals surface area contributed by atoms with Gasteiger partial charge in [-0.2, -0.15) is 0 Å². The van der Waals surface area contributed by atoms with Crippen LogP contribution in [0.1, 0.15) is 22.7 Å². The highest BCUT2D eigenvalue weighted by Gasteiger charge is 2.40. The molecule has 4 rings (SSSR count). The van der Waals surface area contributed by atoms with E-state index in [1.165, 1.54) is 0 Å². The molecule has 1 heterocycles. The lowest BCUT2D eigenvalue weighted by molar-refractivity contribution is -0.130. The molecule has 1 aliphatic heterocycles. The molecule has 0 saturated heterocycles. The predicted octanol–water partition coefficient (Wildman–Crippen LogP) is 4.76. The van der Waals surface area contributed by atoms with Gasteiger partial charge in [-0.15, -0.1) is 0 Å². The van der Waals surface area contributed by atoms with Crippen molar-refractivity contribution in [3.8, 4) is 11.5 Å². The van der Waals surface area contributed by atoms with E-state index in [0.29, 0.717) is 17.9 Å². The Balaban J connectivity index is 1.77. The Morgan fingerprint density at radius 2 is 1.57 bits per heavy atom. The number of carbonyl (C=O) groups excluding carboxylic acids is 1. The van der Waals surface area contributed by atoms with Gasteiger partial charge in [-0.05, 0) is 41.0 Å². The van der Waals surface area contributed by atoms with Crippen LogP contribution in [0.4, 0.5) is 0 Å². The van der Waals surface area contributed by atoms with Crippen molar-refractivity contribution < 1.29 is 19.4 Å². The van der Waals surface area contributed by atoms with E-state index in [1.54, 1.807) is 19.1 Å². The number of aliphatic hydroxyl groups excluding tert-OH is 1. The van der Waals surface area contributed by atoms with Crippen molar-refractivity contribution in [1.82, 2.24) is 4.90 Å². The first-order chi connectivity index (χ1) is 14.6. The van der Waals surface area contributed by atoms with Crippen LogP contribution in [0.3, 0.4) is 0 Å². The predicted molar refractivity (Wildman–Crippen MR) is 115 cm³/mol. The number of carbonyl (C=O) groups is 1. The van der Waals surface area contributed by atoms with Crippen LogP contribution in [0.5, 0.6) is 11.5 Å². The number of hydrogen-bond acceptors (Lipinski definition) is 4. The Morgan fingerprint density at radius 3 is 2.23 bits per heavy atom. The van der Waals surface area contributed by atoms with Gasteiger partial charge in [0.15, 0.2) is 5.76 Å². The zero-order valence-corrected chi connectivity index (χ0v) is 16.9. The second-order valence-corrected chi connectivity index (χ2v) is 7.09. The fourth-order valence-electron chi connectivity index (χ4n) is 3.83. The summed E-state index contributed by atoms with van der Waals surface area (Å²) in [4.78, 5) is 14.8. The number of rotatable bonds is 6. The number of ether oxygens (including phenoxy) is 2. The molecule has 0 aliphatic carbocycles. The monoisotopic (exact) mass is 401 g/mol. The van der Waals surface area contributed by atoms with Gasteiger partial charge in [0.1, 0.15) is 11.5 Å². The van der Waals surface area contributed by atoms with Gasteiger partial charge < -0.3 is 19.5 Å². The largest absolute Gasteiger partial charge is 0.503 e. The number of amides is 1. The SMILES string of the molecule is COc1ccc(C2=C(O)C(=O)N(Cc3cccc(OC)c3)[C@H]2c2ccccc2)cc1. The van der Waals surface area contributed by atoms with Gasteiger partial charge in [0.25, 0.3) is 5.91 Å². The highest BCUT2D eigenvalue weighted by Crippen LogP contribution is 2.44.